The van der Waals surface area contributed by atoms with E-state index in [1.54, 1.807) is 11.8 Å². The minimum atomic E-state index is 0.0580. The Labute approximate surface area is 66.5 Å². The summed E-state index contributed by atoms with van der Waals surface area (Å²) in [5.74, 6) is 0.0654. The van der Waals surface area contributed by atoms with Crippen molar-refractivity contribution in [1.82, 2.24) is 4.90 Å². The molecule has 1 rings (SSSR count). The molecule has 0 spiro atoms. The number of carbonyl (C=O) groups is 1. The van der Waals surface area contributed by atoms with Gasteiger partial charge in [-0.2, -0.15) is 0 Å². The molecule has 1 heterocycles. The standard InChI is InChI=1S/C7H15N3O/c1-5(11)10-3-6(8)2-7(9)4-10/h6-7H,2-4,8-9H2,1H3. The molecule has 0 aromatic carbocycles. The zero-order valence-corrected chi connectivity index (χ0v) is 6.79. The number of rotatable bonds is 0. The predicted molar refractivity (Wildman–Crippen MR) is 42.8 cm³/mol. The third-order valence-corrected chi connectivity index (χ3v) is 1.96. The molecule has 1 fully saturated rings. The van der Waals surface area contributed by atoms with Gasteiger partial charge in [0.1, 0.15) is 0 Å². The first kappa shape index (κ1) is 8.49. The number of hydrogen-bond acceptors (Lipinski definition) is 3. The van der Waals surface area contributed by atoms with Gasteiger partial charge in [-0.3, -0.25) is 4.79 Å². The van der Waals surface area contributed by atoms with Crippen molar-refractivity contribution in [3.8, 4) is 0 Å². The van der Waals surface area contributed by atoms with E-state index in [9.17, 15) is 4.79 Å². The summed E-state index contributed by atoms with van der Waals surface area (Å²) in [6, 6.07) is 0.116. The largest absolute Gasteiger partial charge is 0.340 e. The lowest BCUT2D eigenvalue weighted by atomic mass is 10.0. The average Bonchev–Trinajstić information content (AvgIpc) is 1.85. The Morgan fingerprint density at radius 1 is 1.36 bits per heavy atom. The second-order valence-electron chi connectivity index (χ2n) is 3.18. The van der Waals surface area contributed by atoms with E-state index >= 15 is 0 Å². The van der Waals surface area contributed by atoms with Crippen molar-refractivity contribution in [2.75, 3.05) is 13.1 Å². The summed E-state index contributed by atoms with van der Waals surface area (Å²) in [5.41, 5.74) is 11.4. The highest BCUT2D eigenvalue weighted by Crippen LogP contribution is 2.06. The molecule has 11 heavy (non-hydrogen) atoms. The van der Waals surface area contributed by atoms with Crippen LogP contribution < -0.4 is 11.5 Å². The van der Waals surface area contributed by atoms with E-state index in [4.69, 9.17) is 11.5 Å². The Hall–Kier alpha value is -0.610. The minimum Gasteiger partial charge on any atom is -0.340 e. The Kier molecular flexibility index (Phi) is 2.46. The molecule has 4 nitrogen and oxygen atoms in total. The van der Waals surface area contributed by atoms with Crippen LogP contribution in [0.2, 0.25) is 0 Å². The van der Waals surface area contributed by atoms with Crippen LogP contribution >= 0.6 is 0 Å². The van der Waals surface area contributed by atoms with Crippen molar-refractivity contribution in [3.05, 3.63) is 0 Å². The Morgan fingerprint density at radius 2 is 1.82 bits per heavy atom. The Morgan fingerprint density at radius 3 is 2.18 bits per heavy atom. The number of piperidine rings is 1. The highest BCUT2D eigenvalue weighted by atomic mass is 16.2. The highest BCUT2D eigenvalue weighted by molar-refractivity contribution is 5.73. The molecule has 64 valence electrons. The van der Waals surface area contributed by atoms with Gasteiger partial charge >= 0.3 is 0 Å². The molecule has 2 atom stereocenters. The molecule has 0 aliphatic carbocycles. The molecule has 0 bridgehead atoms. The van der Waals surface area contributed by atoms with Crippen LogP contribution in [-0.4, -0.2) is 36.0 Å². The number of likely N-dealkylation sites (tertiary alicyclic amines) is 1. The molecule has 4 N–H and O–H groups in total. The van der Waals surface area contributed by atoms with Crippen molar-refractivity contribution in [1.29, 1.82) is 0 Å². The van der Waals surface area contributed by atoms with Crippen molar-refractivity contribution >= 4 is 5.91 Å². The SMILES string of the molecule is CC(=O)N1CC(N)CC(N)C1. The van der Waals surface area contributed by atoms with Crippen LogP contribution in [0.5, 0.6) is 0 Å². The van der Waals surface area contributed by atoms with Crippen LogP contribution in [0.15, 0.2) is 0 Å². The fraction of sp³-hybridized carbons (Fsp3) is 0.857. The number of amides is 1. The topological polar surface area (TPSA) is 72.3 Å². The smallest absolute Gasteiger partial charge is 0.219 e. The molecule has 2 unspecified atom stereocenters. The quantitative estimate of drug-likeness (QED) is 0.468. The molecule has 0 saturated carbocycles. The van der Waals surface area contributed by atoms with Gasteiger partial charge in [0.2, 0.25) is 5.91 Å². The molecular weight excluding hydrogens is 142 g/mol. The average molecular weight is 157 g/mol. The monoisotopic (exact) mass is 157 g/mol. The van der Waals surface area contributed by atoms with Crippen LogP contribution in [0.25, 0.3) is 0 Å². The van der Waals surface area contributed by atoms with E-state index in [0.29, 0.717) is 13.1 Å². The van der Waals surface area contributed by atoms with Crippen LogP contribution in [0.3, 0.4) is 0 Å². The first-order valence-corrected chi connectivity index (χ1v) is 3.86. The molecular formula is C7H15N3O. The molecule has 4 heteroatoms. The van der Waals surface area contributed by atoms with Crippen LogP contribution in [0.1, 0.15) is 13.3 Å². The van der Waals surface area contributed by atoms with Gasteiger partial charge in [-0.25, -0.2) is 0 Å². The normalized spacial score (nSPS) is 32.1. The fourth-order valence-corrected chi connectivity index (χ4v) is 1.44. The first-order chi connectivity index (χ1) is 5.09. The van der Waals surface area contributed by atoms with Gasteiger partial charge in [-0.05, 0) is 6.42 Å². The third-order valence-electron chi connectivity index (χ3n) is 1.96. The second kappa shape index (κ2) is 3.19. The number of nitrogens with zero attached hydrogens (tertiary/aromatic N) is 1. The number of carbonyl (C=O) groups excluding carboxylic acids is 1. The van der Waals surface area contributed by atoms with Crippen molar-refractivity contribution in [2.45, 2.75) is 25.4 Å². The first-order valence-electron chi connectivity index (χ1n) is 3.86. The van der Waals surface area contributed by atoms with Gasteiger partial charge in [-0.15, -0.1) is 0 Å². The van der Waals surface area contributed by atoms with E-state index in [-0.39, 0.29) is 18.0 Å². The van der Waals surface area contributed by atoms with Crippen LogP contribution in [-0.2, 0) is 4.79 Å². The highest BCUT2D eigenvalue weighted by Gasteiger charge is 2.23. The Balaban J connectivity index is 2.49. The van der Waals surface area contributed by atoms with E-state index in [2.05, 4.69) is 0 Å². The summed E-state index contributed by atoms with van der Waals surface area (Å²) < 4.78 is 0. The van der Waals surface area contributed by atoms with Gasteiger partial charge in [0, 0.05) is 32.1 Å². The summed E-state index contributed by atoms with van der Waals surface area (Å²) >= 11 is 0. The molecule has 1 aliphatic heterocycles. The summed E-state index contributed by atoms with van der Waals surface area (Å²) in [4.78, 5) is 12.6. The Bertz CT molecular complexity index is 150. The zero-order chi connectivity index (χ0) is 8.43. The van der Waals surface area contributed by atoms with Gasteiger partial charge in [-0.1, -0.05) is 0 Å². The lowest BCUT2D eigenvalue weighted by Crippen LogP contribution is -2.53. The molecule has 1 saturated heterocycles. The fourth-order valence-electron chi connectivity index (χ4n) is 1.44. The van der Waals surface area contributed by atoms with Crippen molar-refractivity contribution in [2.24, 2.45) is 11.5 Å². The molecule has 0 aromatic rings. The van der Waals surface area contributed by atoms with E-state index in [0.717, 1.165) is 6.42 Å². The van der Waals surface area contributed by atoms with Gasteiger partial charge in [0.05, 0.1) is 0 Å². The molecule has 1 aliphatic rings. The molecule has 0 aromatic heterocycles. The summed E-state index contributed by atoms with van der Waals surface area (Å²) in [7, 11) is 0. The molecule has 0 radical (unpaired) electrons. The van der Waals surface area contributed by atoms with Gasteiger partial charge in [0.15, 0.2) is 0 Å². The zero-order valence-electron chi connectivity index (χ0n) is 6.79. The summed E-state index contributed by atoms with van der Waals surface area (Å²) in [5, 5.41) is 0. The van der Waals surface area contributed by atoms with Crippen LogP contribution in [0, 0.1) is 0 Å². The third kappa shape index (κ3) is 2.17. The van der Waals surface area contributed by atoms with Gasteiger partial charge in [0.25, 0.3) is 0 Å². The maximum atomic E-state index is 10.9. The molecule has 1 amide bonds. The lowest BCUT2D eigenvalue weighted by molar-refractivity contribution is -0.130. The van der Waals surface area contributed by atoms with E-state index in [1.165, 1.54) is 0 Å². The summed E-state index contributed by atoms with van der Waals surface area (Å²) in [6.07, 6.45) is 0.823. The summed E-state index contributed by atoms with van der Waals surface area (Å²) in [6.45, 7) is 2.86. The van der Waals surface area contributed by atoms with E-state index < -0.39 is 0 Å². The second-order valence-corrected chi connectivity index (χ2v) is 3.18. The number of hydrogen-bond donors (Lipinski definition) is 2. The van der Waals surface area contributed by atoms with E-state index in [1.807, 2.05) is 0 Å². The maximum absolute atomic E-state index is 10.9. The number of nitrogens with two attached hydrogens (primary N) is 2. The predicted octanol–water partition coefficient (Wildman–Crippen LogP) is -1.11. The van der Waals surface area contributed by atoms with Crippen molar-refractivity contribution in [3.63, 3.8) is 0 Å². The lowest BCUT2D eigenvalue weighted by Gasteiger charge is -2.33. The van der Waals surface area contributed by atoms with Crippen molar-refractivity contribution < 1.29 is 4.79 Å². The van der Waals surface area contributed by atoms with Crippen LogP contribution in [0.4, 0.5) is 0 Å². The van der Waals surface area contributed by atoms with Gasteiger partial charge < -0.3 is 16.4 Å². The minimum absolute atomic E-state index is 0.0580. The maximum Gasteiger partial charge on any atom is 0.219 e.